The van der Waals surface area contributed by atoms with Crippen LogP contribution in [0, 0.1) is 0 Å². The summed E-state index contributed by atoms with van der Waals surface area (Å²) in [6.07, 6.45) is 0. The minimum absolute atomic E-state index is 0. The van der Waals surface area contributed by atoms with Crippen molar-refractivity contribution in [3.8, 4) is 0 Å². The number of carbonyl (C=O) groups excluding carboxylic acids is 1. The highest BCUT2D eigenvalue weighted by Gasteiger charge is 2.12. The highest BCUT2D eigenvalue weighted by Crippen LogP contribution is 2.22. The number of rotatable bonds is 0. The summed E-state index contributed by atoms with van der Waals surface area (Å²) in [5.41, 5.74) is 0. The van der Waals surface area contributed by atoms with Crippen molar-refractivity contribution in [1.29, 1.82) is 0 Å². The van der Waals surface area contributed by atoms with E-state index in [0.29, 0.717) is 0 Å². The molecule has 0 saturated carbocycles. The molecule has 0 aromatic heterocycles. The number of carbonyl (C=O) groups is 1. The highest BCUT2D eigenvalue weighted by molar-refractivity contribution is 8.14. The van der Waals surface area contributed by atoms with Crippen molar-refractivity contribution in [2.75, 3.05) is 0 Å². The fourth-order valence-corrected chi connectivity index (χ4v) is 1.29. The SMILES string of the molecule is C.CC(=O)SC(C)(C)C. The van der Waals surface area contributed by atoms with E-state index in [1.54, 1.807) is 6.92 Å². The zero-order valence-electron chi connectivity index (χ0n) is 5.82. The van der Waals surface area contributed by atoms with E-state index >= 15 is 0 Å². The van der Waals surface area contributed by atoms with E-state index in [2.05, 4.69) is 0 Å². The van der Waals surface area contributed by atoms with Gasteiger partial charge in [0.15, 0.2) is 5.12 Å². The maximum Gasteiger partial charge on any atom is 0.186 e. The third kappa shape index (κ3) is 11.5. The van der Waals surface area contributed by atoms with Gasteiger partial charge in [-0.05, 0) is 0 Å². The first kappa shape index (κ1) is 11.8. The Kier molecular flexibility index (Phi) is 5.15. The van der Waals surface area contributed by atoms with Crippen molar-refractivity contribution in [3.63, 3.8) is 0 Å². The maximum absolute atomic E-state index is 10.4. The second kappa shape index (κ2) is 3.94. The quantitative estimate of drug-likeness (QED) is 0.525. The van der Waals surface area contributed by atoms with Crippen LogP contribution in [0.3, 0.4) is 0 Å². The van der Waals surface area contributed by atoms with Gasteiger partial charge >= 0.3 is 0 Å². The zero-order chi connectivity index (χ0) is 6.78. The Balaban J connectivity index is 0. The molecule has 9 heavy (non-hydrogen) atoms. The van der Waals surface area contributed by atoms with E-state index in [-0.39, 0.29) is 17.3 Å². The molecule has 56 valence electrons. The van der Waals surface area contributed by atoms with Gasteiger partial charge in [0.1, 0.15) is 0 Å². The molecule has 2 heteroatoms. The molecule has 0 atom stereocenters. The van der Waals surface area contributed by atoms with Crippen LogP contribution in [-0.2, 0) is 4.79 Å². The van der Waals surface area contributed by atoms with Crippen molar-refractivity contribution in [1.82, 2.24) is 0 Å². The Hall–Kier alpha value is 0.0200. The van der Waals surface area contributed by atoms with E-state index in [0.717, 1.165) is 0 Å². The molecule has 0 unspecified atom stereocenters. The molecule has 1 nitrogen and oxygen atoms in total. The van der Waals surface area contributed by atoms with E-state index in [1.807, 2.05) is 20.8 Å². The normalized spacial score (nSPS) is 10.2. The van der Waals surface area contributed by atoms with Crippen LogP contribution in [0.4, 0.5) is 0 Å². The van der Waals surface area contributed by atoms with Crippen LogP contribution < -0.4 is 0 Å². The van der Waals surface area contributed by atoms with Gasteiger partial charge in [-0.1, -0.05) is 40.0 Å². The molecular formula is C7H16OS. The van der Waals surface area contributed by atoms with Gasteiger partial charge in [0.05, 0.1) is 0 Å². The fraction of sp³-hybridized carbons (Fsp3) is 0.857. The van der Waals surface area contributed by atoms with E-state index in [4.69, 9.17) is 0 Å². The molecule has 0 amide bonds. The lowest BCUT2D eigenvalue weighted by Gasteiger charge is -2.13. The maximum atomic E-state index is 10.4. The van der Waals surface area contributed by atoms with Gasteiger partial charge in [0, 0.05) is 11.7 Å². The Bertz CT molecular complexity index is 91.6. The molecule has 0 aliphatic carbocycles. The van der Waals surface area contributed by atoms with Gasteiger partial charge in [0.25, 0.3) is 0 Å². The second-order valence-electron chi connectivity index (χ2n) is 2.71. The molecule has 0 rings (SSSR count). The average Bonchev–Trinajstić information content (AvgIpc) is 1.21. The van der Waals surface area contributed by atoms with Gasteiger partial charge in [-0.2, -0.15) is 0 Å². The van der Waals surface area contributed by atoms with Crippen molar-refractivity contribution in [2.24, 2.45) is 0 Å². The van der Waals surface area contributed by atoms with Crippen molar-refractivity contribution >= 4 is 16.9 Å². The molecule has 0 heterocycles. The van der Waals surface area contributed by atoms with Crippen LogP contribution in [0.1, 0.15) is 35.1 Å². The molecule has 0 N–H and O–H groups in total. The van der Waals surface area contributed by atoms with Crippen LogP contribution in [0.5, 0.6) is 0 Å². The van der Waals surface area contributed by atoms with Crippen LogP contribution in [-0.4, -0.2) is 9.86 Å². The Morgan fingerprint density at radius 2 is 1.67 bits per heavy atom. The minimum Gasteiger partial charge on any atom is -0.288 e. The van der Waals surface area contributed by atoms with Crippen molar-refractivity contribution in [2.45, 2.75) is 39.9 Å². The fourth-order valence-electron chi connectivity index (χ4n) is 0.431. The predicted molar refractivity (Wildman–Crippen MR) is 44.8 cm³/mol. The molecular weight excluding hydrogens is 132 g/mol. The molecule has 0 aliphatic heterocycles. The second-order valence-corrected chi connectivity index (χ2v) is 4.71. The van der Waals surface area contributed by atoms with Crippen LogP contribution in [0.2, 0.25) is 0 Å². The van der Waals surface area contributed by atoms with Crippen molar-refractivity contribution < 1.29 is 4.79 Å². The monoisotopic (exact) mass is 148 g/mol. The van der Waals surface area contributed by atoms with Crippen LogP contribution in [0.25, 0.3) is 0 Å². The standard InChI is InChI=1S/C6H12OS.CH4/c1-5(7)8-6(2,3)4;/h1-4H3;1H4. The molecule has 0 radical (unpaired) electrons. The molecule has 0 saturated heterocycles. The first-order valence-electron chi connectivity index (χ1n) is 2.61. The van der Waals surface area contributed by atoms with Gasteiger partial charge < -0.3 is 0 Å². The third-order valence-corrected chi connectivity index (χ3v) is 1.35. The number of hydrogen-bond acceptors (Lipinski definition) is 2. The van der Waals surface area contributed by atoms with Crippen molar-refractivity contribution in [3.05, 3.63) is 0 Å². The lowest BCUT2D eigenvalue weighted by atomic mass is 10.3. The smallest absolute Gasteiger partial charge is 0.186 e. The number of hydrogen-bond donors (Lipinski definition) is 0. The Labute approximate surface area is 62.2 Å². The molecule has 0 aliphatic rings. The average molecular weight is 148 g/mol. The summed E-state index contributed by atoms with van der Waals surface area (Å²) in [7, 11) is 0. The van der Waals surface area contributed by atoms with E-state index in [1.165, 1.54) is 11.8 Å². The lowest BCUT2D eigenvalue weighted by Crippen LogP contribution is -2.09. The third-order valence-electron chi connectivity index (χ3n) is 0.450. The summed E-state index contributed by atoms with van der Waals surface area (Å²) in [4.78, 5) is 10.4. The first-order valence-corrected chi connectivity index (χ1v) is 3.43. The molecule has 0 aromatic carbocycles. The topological polar surface area (TPSA) is 17.1 Å². The summed E-state index contributed by atoms with van der Waals surface area (Å²) in [6, 6.07) is 0. The summed E-state index contributed by atoms with van der Waals surface area (Å²) < 4.78 is 0.0891. The Morgan fingerprint density at radius 3 is 1.67 bits per heavy atom. The zero-order valence-corrected chi connectivity index (χ0v) is 6.63. The summed E-state index contributed by atoms with van der Waals surface area (Å²) in [5, 5.41) is 0.192. The first-order chi connectivity index (χ1) is 3.42. The highest BCUT2D eigenvalue weighted by atomic mass is 32.2. The summed E-state index contributed by atoms with van der Waals surface area (Å²) in [6.45, 7) is 7.67. The van der Waals surface area contributed by atoms with Gasteiger partial charge in [0.2, 0.25) is 0 Å². The largest absolute Gasteiger partial charge is 0.288 e. The summed E-state index contributed by atoms with van der Waals surface area (Å²) >= 11 is 1.37. The van der Waals surface area contributed by atoms with Gasteiger partial charge in [-0.25, -0.2) is 0 Å². The lowest BCUT2D eigenvalue weighted by molar-refractivity contribution is -0.109. The molecule has 0 bridgehead atoms. The molecule has 0 aromatic rings. The van der Waals surface area contributed by atoms with Gasteiger partial charge in [-0.15, -0.1) is 0 Å². The molecule has 0 spiro atoms. The predicted octanol–water partition coefficient (Wildman–Crippen LogP) is 2.70. The van der Waals surface area contributed by atoms with E-state index < -0.39 is 0 Å². The Morgan fingerprint density at radius 1 is 1.33 bits per heavy atom. The number of thioether (sulfide) groups is 1. The van der Waals surface area contributed by atoms with Crippen LogP contribution >= 0.6 is 11.8 Å². The van der Waals surface area contributed by atoms with Crippen LogP contribution in [0.15, 0.2) is 0 Å². The minimum atomic E-state index is 0. The van der Waals surface area contributed by atoms with E-state index in [9.17, 15) is 4.79 Å². The molecule has 0 fully saturated rings. The summed E-state index contributed by atoms with van der Waals surface area (Å²) in [5.74, 6) is 0. The van der Waals surface area contributed by atoms with Gasteiger partial charge in [-0.3, -0.25) is 4.79 Å².